The second-order valence-electron chi connectivity index (χ2n) is 9.65. The van der Waals surface area contributed by atoms with Gasteiger partial charge in [0.15, 0.2) is 11.6 Å². The van der Waals surface area contributed by atoms with Crippen molar-refractivity contribution in [2.75, 3.05) is 12.4 Å². The molecule has 2 aromatic carbocycles. The third-order valence-corrected chi connectivity index (χ3v) is 6.80. The number of hydrogen-bond donors (Lipinski definition) is 2. The number of aryl methyl sites for hydroxylation is 1. The number of nitrogens with one attached hydrogen (secondary N) is 2. The third kappa shape index (κ3) is 5.88. The zero-order valence-electron chi connectivity index (χ0n) is 23.1. The van der Waals surface area contributed by atoms with Crippen LogP contribution in [0.5, 0.6) is 0 Å². The summed E-state index contributed by atoms with van der Waals surface area (Å²) in [5.41, 5.74) is 2.85. The molecule has 0 aliphatic rings. The molecule has 0 bridgehead atoms. The maximum absolute atomic E-state index is 13.8. The highest BCUT2D eigenvalue weighted by atomic mass is 19.1. The van der Waals surface area contributed by atoms with E-state index < -0.39 is 17.4 Å². The van der Waals surface area contributed by atoms with E-state index in [1.54, 1.807) is 50.1 Å². The second kappa shape index (κ2) is 12.0. The van der Waals surface area contributed by atoms with Gasteiger partial charge in [0, 0.05) is 36.1 Å². The molecule has 212 valence electrons. The molecule has 0 saturated carbocycles. The number of tetrazole rings is 1. The molecule has 0 radical (unpaired) electrons. The molecule has 3 aromatic heterocycles. The van der Waals surface area contributed by atoms with Gasteiger partial charge in [0.1, 0.15) is 11.5 Å². The van der Waals surface area contributed by atoms with E-state index in [0.717, 1.165) is 5.56 Å². The molecule has 12 heteroatoms. The molecule has 11 nitrogen and oxygen atoms in total. The van der Waals surface area contributed by atoms with Gasteiger partial charge in [-0.2, -0.15) is 0 Å². The fourth-order valence-electron chi connectivity index (χ4n) is 4.39. The monoisotopic (exact) mass is 566 g/mol. The molecule has 0 spiro atoms. The lowest BCUT2D eigenvalue weighted by Crippen LogP contribution is -2.37. The van der Waals surface area contributed by atoms with Crippen molar-refractivity contribution in [3.05, 3.63) is 112 Å². The number of carbonyl (C=O) groups excluding carboxylic acids is 2. The minimum atomic E-state index is -0.521. The Kier molecular flexibility index (Phi) is 8.07. The van der Waals surface area contributed by atoms with Gasteiger partial charge in [0.05, 0.1) is 18.3 Å². The van der Waals surface area contributed by atoms with Crippen LogP contribution < -0.4 is 16.2 Å². The average Bonchev–Trinajstić information content (AvgIpc) is 3.44. The van der Waals surface area contributed by atoms with Gasteiger partial charge in [-0.1, -0.05) is 18.2 Å². The fourth-order valence-corrected chi connectivity index (χ4v) is 4.39. The Morgan fingerprint density at radius 2 is 1.74 bits per heavy atom. The first-order valence-electron chi connectivity index (χ1n) is 13.0. The lowest BCUT2D eigenvalue weighted by Gasteiger charge is -2.17. The number of aromatic nitrogens is 6. The lowest BCUT2D eigenvalue weighted by atomic mass is 10.0. The molecule has 0 aliphatic carbocycles. The van der Waals surface area contributed by atoms with Gasteiger partial charge in [-0.3, -0.25) is 19.4 Å². The number of likely N-dealkylation sites (N-methyl/N-ethyl adjacent to an activating group) is 1. The van der Waals surface area contributed by atoms with Crippen LogP contribution in [0.2, 0.25) is 0 Å². The highest BCUT2D eigenvalue weighted by Gasteiger charge is 2.18. The van der Waals surface area contributed by atoms with Crippen molar-refractivity contribution in [2.45, 2.75) is 19.5 Å². The Bertz CT molecular complexity index is 1830. The van der Waals surface area contributed by atoms with Crippen molar-refractivity contribution in [2.24, 2.45) is 7.05 Å². The number of pyridine rings is 2. The highest BCUT2D eigenvalue weighted by Crippen LogP contribution is 2.26. The van der Waals surface area contributed by atoms with Crippen molar-refractivity contribution in [1.29, 1.82) is 0 Å². The third-order valence-electron chi connectivity index (χ3n) is 6.80. The molecule has 0 fully saturated rings. The smallest absolute Gasteiger partial charge is 0.275 e. The summed E-state index contributed by atoms with van der Waals surface area (Å²) in [6.07, 6.45) is 2.99. The normalized spacial score (nSPS) is 11.7. The van der Waals surface area contributed by atoms with Gasteiger partial charge >= 0.3 is 0 Å². The van der Waals surface area contributed by atoms with Crippen LogP contribution in [-0.2, 0) is 18.4 Å². The van der Waals surface area contributed by atoms with Crippen LogP contribution in [0.1, 0.15) is 28.4 Å². The van der Waals surface area contributed by atoms with E-state index >= 15 is 0 Å². The van der Waals surface area contributed by atoms with Crippen molar-refractivity contribution in [1.82, 2.24) is 35.1 Å². The first kappa shape index (κ1) is 28.2. The molecular weight excluding hydrogens is 539 g/mol. The summed E-state index contributed by atoms with van der Waals surface area (Å²) in [5.74, 6) is -0.587. The first-order chi connectivity index (χ1) is 20.2. The van der Waals surface area contributed by atoms with Gasteiger partial charge in [-0.05, 0) is 84.1 Å². The zero-order chi connectivity index (χ0) is 29.8. The molecule has 1 atom stereocenters. The van der Waals surface area contributed by atoms with Gasteiger partial charge in [-0.15, -0.1) is 5.10 Å². The van der Waals surface area contributed by atoms with E-state index in [0.29, 0.717) is 28.2 Å². The molecule has 5 aromatic rings. The maximum Gasteiger partial charge on any atom is 0.275 e. The summed E-state index contributed by atoms with van der Waals surface area (Å²) in [5, 5.41) is 17.2. The van der Waals surface area contributed by atoms with Crippen molar-refractivity contribution in [3.63, 3.8) is 0 Å². The van der Waals surface area contributed by atoms with Crippen LogP contribution in [0.4, 0.5) is 10.1 Å². The Morgan fingerprint density at radius 3 is 2.45 bits per heavy atom. The van der Waals surface area contributed by atoms with Gasteiger partial charge in [0.25, 0.3) is 5.56 Å². The summed E-state index contributed by atoms with van der Waals surface area (Å²) in [7, 11) is 3.38. The van der Waals surface area contributed by atoms with Crippen LogP contribution in [0, 0.1) is 5.82 Å². The summed E-state index contributed by atoms with van der Waals surface area (Å²) in [6, 6.07) is 17.1. The van der Waals surface area contributed by atoms with Crippen molar-refractivity contribution >= 4 is 17.4 Å². The van der Waals surface area contributed by atoms with E-state index in [1.807, 2.05) is 24.3 Å². The van der Waals surface area contributed by atoms with Gasteiger partial charge in [-0.25, -0.2) is 9.07 Å². The number of carbonyl (C=O) groups is 2. The molecule has 2 N–H and O–H groups in total. The van der Waals surface area contributed by atoms with Crippen LogP contribution in [-0.4, -0.2) is 54.5 Å². The van der Waals surface area contributed by atoms with E-state index in [9.17, 15) is 18.8 Å². The van der Waals surface area contributed by atoms with E-state index in [4.69, 9.17) is 0 Å². The Labute approximate surface area is 240 Å². The number of ketones is 1. The molecule has 1 amide bonds. The number of hydrogen-bond acceptors (Lipinski definition) is 8. The maximum atomic E-state index is 13.8. The molecule has 42 heavy (non-hydrogen) atoms. The van der Waals surface area contributed by atoms with Crippen molar-refractivity contribution < 1.29 is 14.0 Å². The Balaban J connectivity index is 1.57. The number of nitrogens with zero attached hydrogens (tertiary/aromatic N) is 6. The predicted molar refractivity (Wildman–Crippen MR) is 154 cm³/mol. The molecule has 5 rings (SSSR count). The fraction of sp³-hybridized carbons (Fsp3) is 0.167. The molecule has 1 unspecified atom stereocenters. The zero-order valence-corrected chi connectivity index (χ0v) is 23.1. The largest absolute Gasteiger partial charge is 0.320 e. The second-order valence-corrected chi connectivity index (χ2v) is 9.65. The number of rotatable bonds is 9. The quantitative estimate of drug-likeness (QED) is 0.260. The van der Waals surface area contributed by atoms with Crippen LogP contribution in [0.3, 0.4) is 0 Å². The SMILES string of the molecule is CNC(C)C(=O)Nc1ccc(-c2cccc(-c3nnnn3C)c2)n(Cc2cncc(C(=O)c3ccc(F)cc3)c2)c1=O. The van der Waals surface area contributed by atoms with Crippen LogP contribution >= 0.6 is 0 Å². The predicted octanol–water partition coefficient (Wildman–Crippen LogP) is 3.07. The number of benzene rings is 2. The average molecular weight is 567 g/mol. The topological polar surface area (TPSA) is 137 Å². The van der Waals surface area contributed by atoms with E-state index in [1.165, 1.54) is 35.0 Å². The standard InChI is InChI=1S/C30H27FN8O3/c1-18(32-2)29(41)34-25-11-12-26(21-5-4-6-22(14-21)28-35-36-37-38(28)3)39(30(25)42)17-19-13-23(16-33-15-19)27(40)20-7-9-24(31)10-8-20/h4-16,18,32H,17H2,1-3H3,(H,34,41). The number of halogens is 1. The van der Waals surface area contributed by atoms with E-state index in [2.05, 4.69) is 31.1 Å². The van der Waals surface area contributed by atoms with Gasteiger partial charge < -0.3 is 15.2 Å². The number of anilines is 1. The van der Waals surface area contributed by atoms with Crippen LogP contribution in [0.15, 0.2) is 83.9 Å². The van der Waals surface area contributed by atoms with Crippen molar-refractivity contribution in [3.8, 4) is 22.6 Å². The van der Waals surface area contributed by atoms with Gasteiger partial charge in [0.2, 0.25) is 5.91 Å². The van der Waals surface area contributed by atoms with Crippen LogP contribution in [0.25, 0.3) is 22.6 Å². The van der Waals surface area contributed by atoms with E-state index in [-0.39, 0.29) is 29.5 Å². The first-order valence-corrected chi connectivity index (χ1v) is 13.0. The molecule has 3 heterocycles. The minimum absolute atomic E-state index is 0.0484. The summed E-state index contributed by atoms with van der Waals surface area (Å²) in [6.45, 7) is 1.73. The summed E-state index contributed by atoms with van der Waals surface area (Å²) >= 11 is 0. The summed E-state index contributed by atoms with van der Waals surface area (Å²) in [4.78, 5) is 43.7. The minimum Gasteiger partial charge on any atom is -0.320 e. The Morgan fingerprint density at radius 1 is 0.976 bits per heavy atom. The molecule has 0 aliphatic heterocycles. The number of amides is 1. The highest BCUT2D eigenvalue weighted by molar-refractivity contribution is 6.08. The Hall–Kier alpha value is -5.36. The summed E-state index contributed by atoms with van der Waals surface area (Å²) < 4.78 is 16.4. The molecular formula is C30H27FN8O3. The lowest BCUT2D eigenvalue weighted by molar-refractivity contribution is -0.117. The molecule has 0 saturated heterocycles.